The molecular formula is C13H11F3N4O4. The molecule has 128 valence electrons. The van der Waals surface area contributed by atoms with Crippen molar-refractivity contribution in [3.05, 3.63) is 45.8 Å². The van der Waals surface area contributed by atoms with Gasteiger partial charge in [0.2, 0.25) is 0 Å². The minimum atomic E-state index is -4.68. The zero-order chi connectivity index (χ0) is 17.9. The number of rotatable bonds is 5. The lowest BCUT2D eigenvalue weighted by Gasteiger charge is -2.07. The number of hydrogen-bond acceptors (Lipinski definition) is 5. The third-order valence-corrected chi connectivity index (χ3v) is 2.84. The molecule has 0 saturated heterocycles. The molecule has 0 aliphatic heterocycles. The highest BCUT2D eigenvalue weighted by molar-refractivity contribution is 6.04. The Hall–Kier alpha value is -3.11. The van der Waals surface area contributed by atoms with Crippen LogP contribution >= 0.6 is 0 Å². The normalized spacial score (nSPS) is 11.2. The van der Waals surface area contributed by atoms with E-state index in [1.807, 2.05) is 0 Å². The van der Waals surface area contributed by atoms with Gasteiger partial charge >= 0.3 is 6.18 Å². The summed E-state index contributed by atoms with van der Waals surface area (Å²) in [4.78, 5) is 22.2. The highest BCUT2D eigenvalue weighted by Gasteiger charge is 2.34. The Morgan fingerprint density at radius 3 is 2.67 bits per heavy atom. The van der Waals surface area contributed by atoms with Gasteiger partial charge in [0.25, 0.3) is 11.6 Å². The Morgan fingerprint density at radius 1 is 1.42 bits per heavy atom. The van der Waals surface area contributed by atoms with Crippen molar-refractivity contribution < 1.29 is 27.6 Å². The van der Waals surface area contributed by atoms with Crippen LogP contribution in [0.15, 0.2) is 24.3 Å². The lowest BCUT2D eigenvalue weighted by atomic mass is 10.2. The summed E-state index contributed by atoms with van der Waals surface area (Å²) in [6.07, 6.45) is -4.68. The number of anilines is 1. The number of nitrogens with one attached hydrogen (secondary N) is 2. The molecule has 8 nitrogen and oxygen atoms in total. The average Bonchev–Trinajstić information content (AvgIpc) is 2.99. The second kappa shape index (κ2) is 6.56. The molecule has 24 heavy (non-hydrogen) atoms. The Kier molecular flexibility index (Phi) is 4.71. The van der Waals surface area contributed by atoms with Gasteiger partial charge in [0.15, 0.2) is 5.69 Å². The number of nitro groups is 1. The van der Waals surface area contributed by atoms with Crippen LogP contribution < -0.4 is 10.1 Å². The van der Waals surface area contributed by atoms with Crippen molar-refractivity contribution in [2.75, 3.05) is 11.9 Å². The van der Waals surface area contributed by atoms with Crippen LogP contribution in [0.25, 0.3) is 0 Å². The van der Waals surface area contributed by atoms with Gasteiger partial charge in [-0.05, 0) is 19.1 Å². The number of ether oxygens (including phenoxy) is 1. The van der Waals surface area contributed by atoms with Crippen LogP contribution in [0.3, 0.4) is 0 Å². The molecule has 11 heteroatoms. The number of amides is 1. The fourth-order valence-electron chi connectivity index (χ4n) is 1.79. The number of aromatic nitrogens is 2. The molecule has 0 saturated carbocycles. The van der Waals surface area contributed by atoms with E-state index in [2.05, 4.69) is 10.4 Å². The van der Waals surface area contributed by atoms with Gasteiger partial charge in [-0.2, -0.15) is 18.3 Å². The van der Waals surface area contributed by atoms with Gasteiger partial charge in [-0.1, -0.05) is 0 Å². The van der Waals surface area contributed by atoms with Crippen LogP contribution in [-0.2, 0) is 6.18 Å². The number of nitrogens with zero attached hydrogens (tertiary/aromatic N) is 2. The number of nitro benzene ring substituents is 1. The molecule has 0 spiro atoms. The number of benzene rings is 1. The van der Waals surface area contributed by atoms with Crippen LogP contribution in [0.1, 0.15) is 23.1 Å². The fraction of sp³-hybridized carbons (Fsp3) is 0.231. The Balaban J connectivity index is 2.25. The fourth-order valence-corrected chi connectivity index (χ4v) is 1.79. The highest BCUT2D eigenvalue weighted by Crippen LogP contribution is 2.30. The Bertz CT molecular complexity index is 773. The van der Waals surface area contributed by atoms with Gasteiger partial charge in [-0.3, -0.25) is 20.0 Å². The number of H-pyrrole nitrogens is 1. The van der Waals surface area contributed by atoms with E-state index in [4.69, 9.17) is 4.74 Å². The molecule has 0 radical (unpaired) electrons. The van der Waals surface area contributed by atoms with Gasteiger partial charge in [0.05, 0.1) is 17.6 Å². The molecule has 2 aromatic rings. The van der Waals surface area contributed by atoms with E-state index < -0.39 is 34.1 Å². The first-order valence-corrected chi connectivity index (χ1v) is 6.57. The Labute approximate surface area is 132 Å². The molecule has 0 bridgehead atoms. The topological polar surface area (TPSA) is 110 Å². The molecule has 0 unspecified atom stereocenters. The first-order valence-electron chi connectivity index (χ1n) is 6.57. The minimum Gasteiger partial charge on any atom is -0.494 e. The van der Waals surface area contributed by atoms with Crippen molar-refractivity contribution in [1.29, 1.82) is 0 Å². The molecule has 1 amide bonds. The average molecular weight is 344 g/mol. The van der Waals surface area contributed by atoms with Crippen LogP contribution in [-0.4, -0.2) is 27.6 Å². The van der Waals surface area contributed by atoms with Crippen molar-refractivity contribution in [3.63, 3.8) is 0 Å². The van der Waals surface area contributed by atoms with Gasteiger partial charge in [-0.15, -0.1) is 0 Å². The lowest BCUT2D eigenvalue weighted by Crippen LogP contribution is -2.13. The molecule has 1 aromatic heterocycles. The molecule has 2 rings (SSSR count). The number of alkyl halides is 3. The monoisotopic (exact) mass is 344 g/mol. The summed E-state index contributed by atoms with van der Waals surface area (Å²) in [5.41, 5.74) is -2.40. The summed E-state index contributed by atoms with van der Waals surface area (Å²) in [6.45, 7) is 1.98. The summed E-state index contributed by atoms with van der Waals surface area (Å²) >= 11 is 0. The quantitative estimate of drug-likeness (QED) is 0.640. The van der Waals surface area contributed by atoms with Crippen molar-refractivity contribution in [1.82, 2.24) is 10.2 Å². The summed E-state index contributed by atoms with van der Waals surface area (Å²) in [5.74, 6) is -0.796. The van der Waals surface area contributed by atoms with Gasteiger partial charge in [0, 0.05) is 6.07 Å². The largest absolute Gasteiger partial charge is 0.494 e. The first-order chi connectivity index (χ1) is 11.2. The third-order valence-electron chi connectivity index (χ3n) is 2.84. The van der Waals surface area contributed by atoms with E-state index in [-0.39, 0.29) is 18.0 Å². The molecular weight excluding hydrogens is 333 g/mol. The number of carbonyl (C=O) groups excluding carboxylic acids is 1. The lowest BCUT2D eigenvalue weighted by molar-refractivity contribution is -0.384. The van der Waals surface area contributed by atoms with E-state index in [0.717, 1.165) is 6.07 Å². The second-order valence-corrected chi connectivity index (χ2v) is 4.49. The summed E-state index contributed by atoms with van der Waals surface area (Å²) < 4.78 is 42.5. The molecule has 0 aliphatic rings. The molecule has 2 N–H and O–H groups in total. The van der Waals surface area contributed by atoms with Gasteiger partial charge in [0.1, 0.15) is 17.1 Å². The maximum absolute atomic E-state index is 12.5. The third kappa shape index (κ3) is 3.80. The summed E-state index contributed by atoms with van der Waals surface area (Å²) in [5, 5.41) is 18.2. The van der Waals surface area contributed by atoms with Crippen LogP contribution in [0.4, 0.5) is 24.5 Å². The van der Waals surface area contributed by atoms with Gasteiger partial charge in [-0.25, -0.2) is 0 Å². The van der Waals surface area contributed by atoms with Crippen LogP contribution in [0.2, 0.25) is 0 Å². The van der Waals surface area contributed by atoms with E-state index in [1.165, 1.54) is 12.1 Å². The standard InChI is InChI=1S/C13H11F3N4O4/c1-2-24-7-3-4-8(10(5-7)20(22)23)17-12(21)9-6-11(19-18-9)13(14,15)16/h3-6H,2H2,1H3,(H,17,21)(H,18,19). The first kappa shape index (κ1) is 17.2. The van der Waals surface area contributed by atoms with Crippen molar-refractivity contribution in [3.8, 4) is 5.75 Å². The molecule has 0 atom stereocenters. The number of aromatic amines is 1. The zero-order valence-corrected chi connectivity index (χ0v) is 12.2. The number of carbonyl (C=O) groups is 1. The molecule has 1 heterocycles. The Morgan fingerprint density at radius 2 is 2.12 bits per heavy atom. The van der Waals surface area contributed by atoms with Crippen LogP contribution in [0.5, 0.6) is 5.75 Å². The zero-order valence-electron chi connectivity index (χ0n) is 12.2. The van der Waals surface area contributed by atoms with E-state index in [0.29, 0.717) is 6.07 Å². The summed E-state index contributed by atoms with van der Waals surface area (Å²) in [6, 6.07) is 4.22. The van der Waals surface area contributed by atoms with E-state index in [9.17, 15) is 28.1 Å². The maximum atomic E-state index is 12.5. The van der Waals surface area contributed by atoms with Crippen molar-refractivity contribution >= 4 is 17.3 Å². The van der Waals surface area contributed by atoms with Crippen molar-refractivity contribution in [2.24, 2.45) is 0 Å². The number of halogens is 3. The molecule has 0 aliphatic carbocycles. The predicted molar refractivity (Wildman–Crippen MR) is 75.8 cm³/mol. The van der Waals surface area contributed by atoms with E-state index >= 15 is 0 Å². The minimum absolute atomic E-state index is 0.190. The SMILES string of the molecule is CCOc1ccc(NC(=O)c2cc(C(F)(F)F)[nH]n2)c([N+](=O)[O-])c1. The van der Waals surface area contributed by atoms with E-state index in [1.54, 1.807) is 12.0 Å². The maximum Gasteiger partial charge on any atom is 0.432 e. The predicted octanol–water partition coefficient (Wildman–Crippen LogP) is 2.99. The molecule has 1 aromatic carbocycles. The van der Waals surface area contributed by atoms with Crippen LogP contribution in [0, 0.1) is 10.1 Å². The van der Waals surface area contributed by atoms with Crippen molar-refractivity contribution in [2.45, 2.75) is 13.1 Å². The molecule has 0 fully saturated rings. The smallest absolute Gasteiger partial charge is 0.432 e. The highest BCUT2D eigenvalue weighted by atomic mass is 19.4. The second-order valence-electron chi connectivity index (χ2n) is 4.49. The van der Waals surface area contributed by atoms with Gasteiger partial charge < -0.3 is 10.1 Å². The number of hydrogen-bond donors (Lipinski definition) is 2. The summed E-state index contributed by atoms with van der Waals surface area (Å²) in [7, 11) is 0.